The maximum atomic E-state index is 12.3. The van der Waals surface area contributed by atoms with Crippen molar-refractivity contribution >= 4 is 10.0 Å². The molecule has 5 nitrogen and oxygen atoms in total. The van der Waals surface area contributed by atoms with E-state index in [0.29, 0.717) is 19.6 Å². The summed E-state index contributed by atoms with van der Waals surface area (Å²) in [6.07, 6.45) is 1.18. The van der Waals surface area contributed by atoms with Gasteiger partial charge in [-0.15, -0.1) is 0 Å². The summed E-state index contributed by atoms with van der Waals surface area (Å²) in [7, 11) is -3.27. The Hall–Kier alpha value is -0.170. The molecule has 2 fully saturated rings. The van der Waals surface area contributed by atoms with Crippen molar-refractivity contribution in [1.82, 2.24) is 9.62 Å². The quantitative estimate of drug-likeness (QED) is 0.743. The first kappa shape index (κ1) is 13.3. The normalized spacial score (nSPS) is 25.6. The van der Waals surface area contributed by atoms with Gasteiger partial charge in [-0.25, -0.2) is 13.1 Å². The van der Waals surface area contributed by atoms with Gasteiger partial charge in [0.2, 0.25) is 10.0 Å². The molecule has 0 aromatic carbocycles. The molecule has 0 atom stereocenters. The molecule has 1 saturated heterocycles. The van der Waals surface area contributed by atoms with E-state index in [4.69, 9.17) is 0 Å². The molecule has 1 heterocycles. The molecule has 0 aromatic rings. The van der Waals surface area contributed by atoms with Crippen molar-refractivity contribution in [2.24, 2.45) is 0 Å². The highest BCUT2D eigenvalue weighted by Crippen LogP contribution is 2.44. The van der Waals surface area contributed by atoms with Crippen LogP contribution in [-0.4, -0.2) is 54.4 Å². The molecule has 0 spiro atoms. The minimum absolute atomic E-state index is 0.274. The van der Waals surface area contributed by atoms with Gasteiger partial charge < -0.3 is 5.11 Å². The summed E-state index contributed by atoms with van der Waals surface area (Å²) >= 11 is 0. The molecular formula is C11H22N2O3S. The average Bonchev–Trinajstić information content (AvgIpc) is 2.78. The van der Waals surface area contributed by atoms with Gasteiger partial charge in [0, 0.05) is 25.2 Å². The van der Waals surface area contributed by atoms with Gasteiger partial charge in [-0.2, -0.15) is 0 Å². The highest BCUT2D eigenvalue weighted by molar-refractivity contribution is 7.91. The number of nitrogens with one attached hydrogen (secondary N) is 1. The lowest BCUT2D eigenvalue weighted by Crippen LogP contribution is -2.57. The van der Waals surface area contributed by atoms with Crippen molar-refractivity contribution < 1.29 is 13.5 Å². The third kappa shape index (κ3) is 2.81. The predicted molar refractivity (Wildman–Crippen MR) is 66.2 cm³/mol. The minimum Gasteiger partial charge on any atom is -0.390 e. The van der Waals surface area contributed by atoms with Crippen LogP contribution in [0.1, 0.15) is 33.6 Å². The Morgan fingerprint density at radius 3 is 2.24 bits per heavy atom. The lowest BCUT2D eigenvalue weighted by molar-refractivity contribution is 0.00114. The van der Waals surface area contributed by atoms with E-state index in [0.717, 1.165) is 12.8 Å². The van der Waals surface area contributed by atoms with Crippen LogP contribution in [0.4, 0.5) is 0 Å². The van der Waals surface area contributed by atoms with E-state index >= 15 is 0 Å². The molecule has 0 radical (unpaired) electrons. The van der Waals surface area contributed by atoms with Gasteiger partial charge in [-0.3, -0.25) is 4.90 Å². The number of β-amino-alcohol motifs (C(OH)–C–C–N with tert-alkyl or cyclic N) is 1. The third-order valence-corrected chi connectivity index (χ3v) is 5.83. The summed E-state index contributed by atoms with van der Waals surface area (Å²) < 4.78 is 26.7. The highest BCUT2D eigenvalue weighted by Gasteiger charge is 2.56. The first-order valence-electron chi connectivity index (χ1n) is 6.08. The zero-order chi connectivity index (χ0) is 12.9. The van der Waals surface area contributed by atoms with Crippen LogP contribution >= 0.6 is 0 Å². The molecule has 17 heavy (non-hydrogen) atoms. The number of aliphatic hydroxyl groups is 1. The number of likely N-dealkylation sites (tertiary alicyclic amines) is 1. The Bertz CT molecular complexity index is 389. The Morgan fingerprint density at radius 2 is 1.88 bits per heavy atom. The van der Waals surface area contributed by atoms with Crippen molar-refractivity contribution in [3.63, 3.8) is 0 Å². The first-order valence-corrected chi connectivity index (χ1v) is 7.56. The molecule has 100 valence electrons. The van der Waals surface area contributed by atoms with Crippen molar-refractivity contribution in [1.29, 1.82) is 0 Å². The molecule has 2 rings (SSSR count). The molecule has 6 heteroatoms. The molecule has 0 aromatic heterocycles. The fourth-order valence-corrected chi connectivity index (χ4v) is 4.26. The summed E-state index contributed by atoms with van der Waals surface area (Å²) in [5.74, 6) is 0. The predicted octanol–water partition coefficient (Wildman–Crippen LogP) is -0.0866. The second-order valence-electron chi connectivity index (χ2n) is 6.39. The topological polar surface area (TPSA) is 69.6 Å². The smallest absolute Gasteiger partial charge is 0.219 e. The Morgan fingerprint density at radius 1 is 1.35 bits per heavy atom. The van der Waals surface area contributed by atoms with E-state index < -0.39 is 20.3 Å². The molecule has 1 aliphatic heterocycles. The molecule has 0 bridgehead atoms. The van der Waals surface area contributed by atoms with Crippen LogP contribution in [0.3, 0.4) is 0 Å². The fourth-order valence-electron chi connectivity index (χ4n) is 2.24. The number of nitrogens with zero attached hydrogens (tertiary/aromatic N) is 1. The second-order valence-corrected chi connectivity index (χ2v) is 8.46. The lowest BCUT2D eigenvalue weighted by Gasteiger charge is -2.38. The van der Waals surface area contributed by atoms with E-state index in [1.807, 2.05) is 25.7 Å². The molecule has 0 unspecified atom stereocenters. The Labute approximate surface area is 103 Å². The van der Waals surface area contributed by atoms with E-state index in [9.17, 15) is 13.5 Å². The average molecular weight is 262 g/mol. The van der Waals surface area contributed by atoms with Crippen molar-refractivity contribution in [3.8, 4) is 0 Å². The summed E-state index contributed by atoms with van der Waals surface area (Å²) in [6.45, 7) is 7.32. The van der Waals surface area contributed by atoms with Crippen LogP contribution in [0.15, 0.2) is 0 Å². The molecule has 2 N–H and O–H groups in total. The molecule has 2 aliphatic rings. The Kier molecular flexibility index (Phi) is 3.05. The van der Waals surface area contributed by atoms with Crippen LogP contribution in [0.25, 0.3) is 0 Å². The van der Waals surface area contributed by atoms with Crippen LogP contribution in [0, 0.1) is 0 Å². The molecule has 0 amide bonds. The van der Waals surface area contributed by atoms with Gasteiger partial charge in [0.15, 0.2) is 0 Å². The number of aliphatic hydroxyl groups excluding tert-OH is 1. The van der Waals surface area contributed by atoms with Gasteiger partial charge in [0.1, 0.15) is 0 Å². The van der Waals surface area contributed by atoms with E-state index in [1.54, 1.807) is 0 Å². The Balaban J connectivity index is 2.00. The van der Waals surface area contributed by atoms with Gasteiger partial charge in [-0.1, -0.05) is 0 Å². The SMILES string of the molecule is CC(C)(C)NS(=O)(=O)C1(CN2CC(O)C2)CC1. The third-order valence-electron chi connectivity index (χ3n) is 3.27. The van der Waals surface area contributed by atoms with Gasteiger partial charge >= 0.3 is 0 Å². The monoisotopic (exact) mass is 262 g/mol. The van der Waals surface area contributed by atoms with Crippen molar-refractivity contribution in [2.75, 3.05) is 19.6 Å². The van der Waals surface area contributed by atoms with E-state index in [2.05, 4.69) is 4.72 Å². The van der Waals surface area contributed by atoms with Gasteiger partial charge in [0.25, 0.3) is 0 Å². The highest BCUT2D eigenvalue weighted by atomic mass is 32.2. The standard InChI is InChI=1S/C11H22N2O3S/c1-10(2,3)12-17(15,16)11(4-5-11)8-13-6-9(14)7-13/h9,12,14H,4-8H2,1-3H3. The van der Waals surface area contributed by atoms with E-state index in [1.165, 1.54) is 0 Å². The first-order chi connectivity index (χ1) is 7.64. The second kappa shape index (κ2) is 3.91. The number of sulfonamides is 1. The summed E-state index contributed by atoms with van der Waals surface area (Å²) in [4.78, 5) is 2.01. The zero-order valence-corrected chi connectivity index (χ0v) is 11.5. The van der Waals surface area contributed by atoms with Crippen LogP contribution in [0.5, 0.6) is 0 Å². The molecule has 1 aliphatic carbocycles. The van der Waals surface area contributed by atoms with Crippen molar-refractivity contribution in [2.45, 2.75) is 50.0 Å². The largest absolute Gasteiger partial charge is 0.390 e. The summed E-state index contributed by atoms with van der Waals surface area (Å²) in [6, 6.07) is 0. The van der Waals surface area contributed by atoms with Gasteiger partial charge in [0.05, 0.1) is 10.9 Å². The van der Waals surface area contributed by atoms with Crippen LogP contribution in [-0.2, 0) is 10.0 Å². The molecular weight excluding hydrogens is 240 g/mol. The molecule has 1 saturated carbocycles. The summed E-state index contributed by atoms with van der Waals surface area (Å²) in [5, 5.41) is 9.22. The van der Waals surface area contributed by atoms with Crippen LogP contribution in [0.2, 0.25) is 0 Å². The number of hydrogen-bond donors (Lipinski definition) is 2. The van der Waals surface area contributed by atoms with E-state index in [-0.39, 0.29) is 6.10 Å². The maximum absolute atomic E-state index is 12.3. The number of hydrogen-bond acceptors (Lipinski definition) is 4. The zero-order valence-electron chi connectivity index (χ0n) is 10.7. The fraction of sp³-hybridized carbons (Fsp3) is 1.00. The summed E-state index contributed by atoms with van der Waals surface area (Å²) in [5.41, 5.74) is -0.428. The van der Waals surface area contributed by atoms with Crippen molar-refractivity contribution in [3.05, 3.63) is 0 Å². The van der Waals surface area contributed by atoms with Gasteiger partial charge in [-0.05, 0) is 33.6 Å². The minimum atomic E-state index is -3.27. The maximum Gasteiger partial charge on any atom is 0.219 e. The van der Waals surface area contributed by atoms with Crippen LogP contribution < -0.4 is 4.72 Å². The number of rotatable bonds is 4. The lowest BCUT2D eigenvalue weighted by atomic mass is 10.1.